The van der Waals surface area contributed by atoms with Gasteiger partial charge in [0.2, 0.25) is 0 Å². The van der Waals surface area contributed by atoms with Gasteiger partial charge in [-0.3, -0.25) is 4.79 Å². The Bertz CT molecular complexity index is 244. The van der Waals surface area contributed by atoms with Crippen molar-refractivity contribution in [2.24, 2.45) is 5.92 Å². The Morgan fingerprint density at radius 2 is 2.17 bits per heavy atom. The Labute approximate surface area is 70.0 Å². The third-order valence-corrected chi connectivity index (χ3v) is 1.69. The fourth-order valence-electron chi connectivity index (χ4n) is 0.953. The van der Waals surface area contributed by atoms with E-state index in [1.165, 1.54) is 12.2 Å². The highest BCUT2D eigenvalue weighted by molar-refractivity contribution is 6.52. The maximum atomic E-state index is 11.0. The molecule has 1 unspecified atom stereocenters. The van der Waals surface area contributed by atoms with Crippen LogP contribution in [0.1, 0.15) is 0 Å². The van der Waals surface area contributed by atoms with Gasteiger partial charge < -0.3 is 15.2 Å². The van der Waals surface area contributed by atoms with Crippen molar-refractivity contribution in [3.05, 3.63) is 23.7 Å². The van der Waals surface area contributed by atoms with E-state index in [-0.39, 0.29) is 17.9 Å². The Morgan fingerprint density at radius 3 is 2.58 bits per heavy atom. The highest BCUT2D eigenvalue weighted by Crippen LogP contribution is 2.12. The normalized spacial score (nSPS) is 22.4. The fraction of sp³-hybridized carbons (Fsp3) is 0.286. The molecule has 0 fully saturated rings. The highest BCUT2D eigenvalue weighted by Gasteiger charge is 2.21. The van der Waals surface area contributed by atoms with Crippen LogP contribution in [0.25, 0.3) is 0 Å². The third kappa shape index (κ3) is 1.82. The monoisotopic (exact) mass is 168 g/mol. The summed E-state index contributed by atoms with van der Waals surface area (Å²) in [6.45, 7) is -0.249. The second kappa shape index (κ2) is 3.66. The van der Waals surface area contributed by atoms with Gasteiger partial charge in [-0.25, -0.2) is 0 Å². The predicted molar refractivity (Wildman–Crippen MR) is 43.0 cm³/mol. The van der Waals surface area contributed by atoms with E-state index in [2.05, 4.69) is 0 Å². The van der Waals surface area contributed by atoms with Crippen LogP contribution >= 0.6 is 0 Å². The number of aliphatic hydroxyl groups excluding tert-OH is 1. The van der Waals surface area contributed by atoms with Gasteiger partial charge in [0.25, 0.3) is 0 Å². The van der Waals surface area contributed by atoms with Crippen LogP contribution in [0.3, 0.4) is 0 Å². The first-order chi connectivity index (χ1) is 5.65. The van der Waals surface area contributed by atoms with Crippen molar-refractivity contribution in [3.8, 4) is 0 Å². The van der Waals surface area contributed by atoms with Crippen LogP contribution in [0.15, 0.2) is 23.7 Å². The molecule has 0 aromatic carbocycles. The lowest BCUT2D eigenvalue weighted by Gasteiger charge is -2.11. The molecule has 0 bridgehead atoms. The van der Waals surface area contributed by atoms with Gasteiger partial charge in [-0.15, -0.1) is 0 Å². The molecule has 0 amide bonds. The molecule has 1 aliphatic rings. The Balaban J connectivity index is 2.76. The van der Waals surface area contributed by atoms with Crippen LogP contribution in [-0.4, -0.2) is 34.7 Å². The minimum Gasteiger partial charge on any atom is -0.423 e. The summed E-state index contributed by atoms with van der Waals surface area (Å²) in [6.07, 6.45) is 4.01. The van der Waals surface area contributed by atoms with Crippen LogP contribution in [0.4, 0.5) is 0 Å². The van der Waals surface area contributed by atoms with Crippen LogP contribution in [0.2, 0.25) is 0 Å². The molecule has 3 N–H and O–H groups in total. The second-order valence-electron chi connectivity index (χ2n) is 2.57. The number of allylic oxidation sites excluding steroid dienone is 3. The first kappa shape index (κ1) is 9.19. The van der Waals surface area contributed by atoms with Crippen molar-refractivity contribution in [2.75, 3.05) is 6.61 Å². The Morgan fingerprint density at radius 1 is 1.50 bits per heavy atom. The molecule has 1 rings (SSSR count). The van der Waals surface area contributed by atoms with Gasteiger partial charge in [0.05, 0.1) is 12.5 Å². The van der Waals surface area contributed by atoms with E-state index in [0.29, 0.717) is 0 Å². The zero-order chi connectivity index (χ0) is 9.14. The maximum absolute atomic E-state index is 11.0. The van der Waals surface area contributed by atoms with E-state index < -0.39 is 13.0 Å². The Kier molecular flexibility index (Phi) is 2.81. The van der Waals surface area contributed by atoms with Gasteiger partial charge in [0.1, 0.15) is 0 Å². The van der Waals surface area contributed by atoms with E-state index in [4.69, 9.17) is 15.2 Å². The van der Waals surface area contributed by atoms with Crippen molar-refractivity contribution in [2.45, 2.75) is 0 Å². The highest BCUT2D eigenvalue weighted by atomic mass is 16.4. The summed E-state index contributed by atoms with van der Waals surface area (Å²) >= 11 is 0. The van der Waals surface area contributed by atoms with E-state index in [0.717, 1.165) is 6.08 Å². The number of rotatable bonds is 2. The number of hydrogen-bond donors (Lipinski definition) is 3. The SMILES string of the molecule is O=C1C=C(B(O)O)C=CC1CO. The quantitative estimate of drug-likeness (QED) is 0.446. The third-order valence-electron chi connectivity index (χ3n) is 1.69. The van der Waals surface area contributed by atoms with Crippen molar-refractivity contribution >= 4 is 12.9 Å². The molecule has 0 radical (unpaired) electrons. The number of aliphatic hydroxyl groups is 1. The van der Waals surface area contributed by atoms with Crippen LogP contribution in [0.5, 0.6) is 0 Å². The van der Waals surface area contributed by atoms with E-state index in [1.807, 2.05) is 0 Å². The van der Waals surface area contributed by atoms with Crippen LogP contribution in [0, 0.1) is 5.92 Å². The van der Waals surface area contributed by atoms with Crippen molar-refractivity contribution < 1.29 is 19.9 Å². The molecule has 0 heterocycles. The van der Waals surface area contributed by atoms with Gasteiger partial charge in [0, 0.05) is 0 Å². The lowest BCUT2D eigenvalue weighted by molar-refractivity contribution is -0.117. The molecule has 0 aliphatic heterocycles. The summed E-state index contributed by atoms with van der Waals surface area (Å²) in [4.78, 5) is 11.0. The number of carbonyl (C=O) groups is 1. The molecular weight excluding hydrogens is 159 g/mol. The summed E-state index contributed by atoms with van der Waals surface area (Å²) < 4.78 is 0. The molecule has 0 saturated carbocycles. The summed E-state index contributed by atoms with van der Waals surface area (Å²) in [5, 5.41) is 26.0. The predicted octanol–water partition coefficient (Wildman–Crippen LogP) is -1.33. The van der Waals surface area contributed by atoms with Gasteiger partial charge in [0.15, 0.2) is 5.78 Å². The average molecular weight is 168 g/mol. The second-order valence-corrected chi connectivity index (χ2v) is 2.57. The zero-order valence-corrected chi connectivity index (χ0v) is 6.34. The molecule has 4 nitrogen and oxygen atoms in total. The lowest BCUT2D eigenvalue weighted by atomic mass is 9.75. The van der Waals surface area contributed by atoms with Gasteiger partial charge >= 0.3 is 7.12 Å². The topological polar surface area (TPSA) is 77.8 Å². The summed E-state index contributed by atoms with van der Waals surface area (Å²) in [6, 6.07) is 0. The number of carbonyl (C=O) groups excluding carboxylic acids is 1. The van der Waals surface area contributed by atoms with Gasteiger partial charge in [-0.05, 0) is 11.5 Å². The molecule has 1 atom stereocenters. The van der Waals surface area contributed by atoms with Gasteiger partial charge in [-0.2, -0.15) is 0 Å². The van der Waals surface area contributed by atoms with Crippen LogP contribution < -0.4 is 0 Å². The molecule has 0 aromatic heterocycles. The molecule has 0 saturated heterocycles. The largest absolute Gasteiger partial charge is 0.488 e. The summed E-state index contributed by atoms with van der Waals surface area (Å²) in [5.74, 6) is -0.837. The summed E-state index contributed by atoms with van der Waals surface area (Å²) in [7, 11) is -1.62. The number of hydrogen-bond acceptors (Lipinski definition) is 4. The minimum atomic E-state index is -1.62. The molecule has 64 valence electrons. The van der Waals surface area contributed by atoms with E-state index >= 15 is 0 Å². The van der Waals surface area contributed by atoms with E-state index in [1.54, 1.807) is 0 Å². The van der Waals surface area contributed by atoms with Crippen molar-refractivity contribution in [1.82, 2.24) is 0 Å². The first-order valence-electron chi connectivity index (χ1n) is 3.56. The standard InChI is InChI=1S/C7H9BO4/c9-4-5-1-2-6(8(11)12)3-7(5)10/h1-3,5,9,11-12H,4H2. The molecule has 0 aromatic rings. The van der Waals surface area contributed by atoms with E-state index in [9.17, 15) is 4.79 Å². The molecule has 1 aliphatic carbocycles. The molecule has 0 spiro atoms. The summed E-state index contributed by atoms with van der Waals surface area (Å²) in [5.41, 5.74) is 0.157. The van der Waals surface area contributed by atoms with Crippen LogP contribution in [-0.2, 0) is 4.79 Å². The molecular formula is C7H9BO4. The fourth-order valence-corrected chi connectivity index (χ4v) is 0.953. The number of ketones is 1. The average Bonchev–Trinajstić information content (AvgIpc) is 2.04. The maximum Gasteiger partial charge on any atom is 0.488 e. The Hall–Kier alpha value is -0.905. The van der Waals surface area contributed by atoms with Gasteiger partial charge in [-0.1, -0.05) is 12.2 Å². The first-order valence-corrected chi connectivity index (χ1v) is 3.56. The van der Waals surface area contributed by atoms with Crippen molar-refractivity contribution in [1.29, 1.82) is 0 Å². The molecule has 12 heavy (non-hydrogen) atoms. The minimum absolute atomic E-state index is 0.157. The smallest absolute Gasteiger partial charge is 0.423 e. The molecule has 5 heteroatoms. The lowest BCUT2D eigenvalue weighted by Crippen LogP contribution is -2.23. The van der Waals surface area contributed by atoms with Crippen molar-refractivity contribution in [3.63, 3.8) is 0 Å². The zero-order valence-electron chi connectivity index (χ0n) is 6.34.